The average molecular weight is 1260 g/mol. The normalized spacial score (nSPS) is 11.5. The summed E-state index contributed by atoms with van der Waals surface area (Å²) < 4.78 is 6.30. The number of benzene rings is 4. The molecule has 19 heteroatoms. The Morgan fingerprint density at radius 2 is 0.626 bits per heavy atom. The van der Waals surface area contributed by atoms with Gasteiger partial charge in [0.05, 0.1) is 0 Å². The van der Waals surface area contributed by atoms with Gasteiger partial charge in [-0.3, -0.25) is 43.6 Å². The highest BCUT2D eigenvalue weighted by molar-refractivity contribution is 6.07. The Bertz CT molecular complexity index is 2890. The molecule has 0 heterocycles. The fourth-order valence-electron chi connectivity index (χ4n) is 8.11. The molecule has 4 aromatic rings. The van der Waals surface area contributed by atoms with E-state index in [0.29, 0.717) is 105 Å². The van der Waals surface area contributed by atoms with Crippen LogP contribution in [0, 0.1) is 0 Å². The number of carbonyl (C=O) groups is 8. The molecule has 0 atom stereocenters. The predicted octanol–water partition coefficient (Wildman–Crippen LogP) is 10.2. The van der Waals surface area contributed by atoms with Gasteiger partial charge in [0, 0.05) is 84.9 Å². The highest BCUT2D eigenvalue weighted by Gasteiger charge is 2.12. The summed E-state index contributed by atoms with van der Waals surface area (Å²) in [6.07, 6.45) is 19.5. The van der Waals surface area contributed by atoms with E-state index in [1.165, 1.54) is 12.2 Å². The maximum absolute atomic E-state index is 11.0. The van der Waals surface area contributed by atoms with Crippen LogP contribution in [0.15, 0.2) is 145 Å². The summed E-state index contributed by atoms with van der Waals surface area (Å²) >= 11 is 0. The Labute approximate surface area is 541 Å². The van der Waals surface area contributed by atoms with Gasteiger partial charge in [0.1, 0.15) is 23.0 Å². The zero-order valence-corrected chi connectivity index (χ0v) is 54.6. The second-order valence-corrected chi connectivity index (χ2v) is 20.0. The van der Waals surface area contributed by atoms with Crippen LogP contribution in [0.25, 0.3) is 0 Å². The number of phenolic OH excluding ortho intramolecular Hbond substituents is 4. The number of rotatable bonds is 23. The van der Waals surface area contributed by atoms with E-state index in [2.05, 4.69) is 45.0 Å². The SMILES string of the molecule is C.C=C1C=C(CCC(=O)NC)C=CC1=O.CC.CCc1cc(CCC(=O)NC)ccc1O.CCc1cc(CCC(=O)NC)ccc1O.CCc1cc(CCC(=O)NC)ccc1O.CCc1cc(CCC(=O)NC)ccc1O.[2H]ONC(=O)CCC1=CC(=C)C(=O)C=C1. The third kappa shape index (κ3) is 35.4. The number of carbonyl (C=O) groups excluding carboxylic acids is 8. The van der Waals surface area contributed by atoms with Crippen LogP contribution in [0.5, 0.6) is 23.0 Å². The molecule has 0 bridgehead atoms. The molecular formula is C72H102N6O13. The van der Waals surface area contributed by atoms with Gasteiger partial charge >= 0.3 is 0 Å². The number of allylic oxidation sites excluding steroid dienone is 10. The topological polar surface area (TPSA) is 310 Å². The number of hydroxylamine groups is 1. The van der Waals surface area contributed by atoms with Gasteiger partial charge in [-0.25, -0.2) is 5.48 Å². The highest BCUT2D eigenvalue weighted by Crippen LogP contribution is 2.24. The largest absolute Gasteiger partial charge is 0.508 e. The summed E-state index contributed by atoms with van der Waals surface area (Å²) in [6.45, 7) is 19.2. The van der Waals surface area contributed by atoms with Crippen molar-refractivity contribution in [1.82, 2.24) is 32.1 Å². The Hall–Kier alpha value is -9.36. The highest BCUT2D eigenvalue weighted by atomic mass is 16.5. The number of hydrogen-bond donors (Lipinski definition) is 11. The van der Waals surface area contributed by atoms with Crippen molar-refractivity contribution in [1.29, 1.82) is 0 Å². The Kier molecular flexibility index (Phi) is 43.6. The van der Waals surface area contributed by atoms with Crippen LogP contribution in [0.4, 0.5) is 0 Å². The first-order chi connectivity index (χ1) is 43.4. The van der Waals surface area contributed by atoms with Crippen molar-refractivity contribution in [2.24, 2.45) is 0 Å². The van der Waals surface area contributed by atoms with E-state index in [4.69, 9.17) is 1.43 Å². The van der Waals surface area contributed by atoms with Crippen LogP contribution in [-0.2, 0) is 89.7 Å². The van der Waals surface area contributed by atoms with Gasteiger partial charge in [-0.15, -0.1) is 0 Å². The van der Waals surface area contributed by atoms with E-state index in [1.54, 1.807) is 83.8 Å². The third-order valence-electron chi connectivity index (χ3n) is 13.7. The molecule has 0 unspecified atom stereocenters. The van der Waals surface area contributed by atoms with E-state index in [9.17, 15) is 58.8 Å². The minimum Gasteiger partial charge on any atom is -0.508 e. The van der Waals surface area contributed by atoms with Crippen molar-refractivity contribution in [2.75, 3.05) is 35.2 Å². The molecule has 0 saturated carbocycles. The number of amides is 6. The monoisotopic (exact) mass is 1260 g/mol. The molecular weight excluding hydrogens is 1160 g/mol. The number of ketones is 2. The van der Waals surface area contributed by atoms with E-state index < -0.39 is 0 Å². The number of aromatic hydroxyl groups is 4. The lowest BCUT2D eigenvalue weighted by Gasteiger charge is -2.07. The summed E-state index contributed by atoms with van der Waals surface area (Å²) in [5, 5.41) is 54.5. The fourth-order valence-corrected chi connectivity index (χ4v) is 8.11. The summed E-state index contributed by atoms with van der Waals surface area (Å²) in [5.74, 6) is 0.962. The van der Waals surface area contributed by atoms with Crippen molar-refractivity contribution in [3.05, 3.63) is 189 Å². The van der Waals surface area contributed by atoms with Crippen LogP contribution < -0.4 is 32.1 Å². The van der Waals surface area contributed by atoms with Crippen molar-refractivity contribution in [3.63, 3.8) is 0 Å². The van der Waals surface area contributed by atoms with E-state index in [-0.39, 0.29) is 60.9 Å². The number of hydrogen-bond acceptors (Lipinski definition) is 13. The zero-order chi connectivity index (χ0) is 68.8. The first-order valence-electron chi connectivity index (χ1n) is 30.8. The first kappa shape index (κ1) is 81.6. The Morgan fingerprint density at radius 1 is 0.396 bits per heavy atom. The minimum atomic E-state index is -0.373. The molecule has 11 N–H and O–H groups in total. The maximum atomic E-state index is 11.0. The fraction of sp³-hybridized carbons (Fsp3) is 0.389. The molecule has 2 aliphatic carbocycles. The smallest absolute Gasteiger partial charge is 0.246 e. The van der Waals surface area contributed by atoms with Crippen molar-refractivity contribution in [2.45, 2.75) is 152 Å². The van der Waals surface area contributed by atoms with Crippen LogP contribution >= 0.6 is 0 Å². The molecule has 0 aliphatic heterocycles. The van der Waals surface area contributed by atoms with Crippen molar-refractivity contribution >= 4 is 47.0 Å². The quantitative estimate of drug-likeness (QED) is 0.0187. The van der Waals surface area contributed by atoms with Gasteiger partial charge < -0.3 is 47.0 Å². The summed E-state index contributed by atoms with van der Waals surface area (Å²) in [5.41, 5.74) is 12.7. The molecule has 19 nitrogen and oxygen atoms in total. The lowest BCUT2D eigenvalue weighted by molar-refractivity contribution is -0.129. The molecule has 0 saturated heterocycles. The third-order valence-corrected chi connectivity index (χ3v) is 13.7. The van der Waals surface area contributed by atoms with Gasteiger partial charge in [0.2, 0.25) is 36.9 Å². The maximum Gasteiger partial charge on any atom is 0.246 e. The Balaban J connectivity index is 0. The van der Waals surface area contributed by atoms with Crippen molar-refractivity contribution < 1.29 is 65.4 Å². The van der Waals surface area contributed by atoms with E-state index in [0.717, 1.165) is 81.3 Å². The van der Waals surface area contributed by atoms with Gasteiger partial charge in [0.25, 0.3) is 0 Å². The summed E-state index contributed by atoms with van der Waals surface area (Å²) in [7, 11) is 8.15. The molecule has 0 spiro atoms. The molecule has 0 radical (unpaired) electrons. The summed E-state index contributed by atoms with van der Waals surface area (Å²) in [4.78, 5) is 88.1. The lowest BCUT2D eigenvalue weighted by Crippen LogP contribution is -2.18. The molecule has 6 amide bonds. The van der Waals surface area contributed by atoms with Crippen LogP contribution in [0.2, 0.25) is 1.43 Å². The van der Waals surface area contributed by atoms with Crippen LogP contribution in [0.3, 0.4) is 0 Å². The Morgan fingerprint density at radius 3 is 0.835 bits per heavy atom. The van der Waals surface area contributed by atoms with Crippen molar-refractivity contribution in [3.8, 4) is 23.0 Å². The van der Waals surface area contributed by atoms with Gasteiger partial charge in [0.15, 0.2) is 11.6 Å². The van der Waals surface area contributed by atoms with E-state index in [1.807, 2.05) is 95.6 Å². The minimum absolute atomic E-state index is 0. The summed E-state index contributed by atoms with van der Waals surface area (Å²) in [6, 6.07) is 22.0. The van der Waals surface area contributed by atoms with Gasteiger partial charge in [-0.05, 0) is 168 Å². The number of nitrogens with one attached hydrogen (secondary N) is 6. The first-order valence-corrected chi connectivity index (χ1v) is 30.4. The zero-order valence-electron chi connectivity index (χ0n) is 55.6. The molecule has 2 aliphatic rings. The van der Waals surface area contributed by atoms with Crippen LogP contribution in [-0.4, -0.2) is 108 Å². The lowest BCUT2D eigenvalue weighted by atomic mass is 9.99. The molecule has 498 valence electrons. The predicted molar refractivity (Wildman–Crippen MR) is 363 cm³/mol. The average Bonchev–Trinajstić information content (AvgIpc) is 1.78. The van der Waals surface area contributed by atoms with Gasteiger partial charge in [-0.2, -0.15) is 0 Å². The molecule has 0 fully saturated rings. The van der Waals surface area contributed by atoms with Gasteiger partial charge in [-0.1, -0.05) is 123 Å². The second-order valence-electron chi connectivity index (χ2n) is 20.0. The molecule has 0 aromatic heterocycles. The molecule has 6 rings (SSSR count). The molecule has 4 aromatic carbocycles. The van der Waals surface area contributed by atoms with E-state index >= 15 is 0 Å². The molecule has 91 heavy (non-hydrogen) atoms. The van der Waals surface area contributed by atoms with Crippen LogP contribution in [0.1, 0.15) is 145 Å². The number of phenols is 4. The standard InChI is InChI=1S/4C12H17NO2.C11H13NO2.C10H11NO3.C2H6.CH4/c4*1-3-10-8-9(4-6-11(10)14)5-7-12(15)13-2;1-8-7-9(3-5-10(8)13)4-6-11(14)12-2;1-7-6-8(2-4-9(7)12)3-5-10(13)11-14;1-2;/h4*4,6,8,14H,3,5,7H2,1-2H3,(H,13,15);3,5,7H,1,4,6H2,2H3,(H,12,14);2,4,6,14H,1,3,5H2,(H,11,13);1-2H3;1H4/i/hD. The second kappa shape index (κ2) is 48.5. The number of aryl methyl sites for hydroxylation is 8.